The van der Waals surface area contributed by atoms with E-state index in [0.717, 1.165) is 18.7 Å². The quantitative estimate of drug-likeness (QED) is 0.923. The van der Waals surface area contributed by atoms with Gasteiger partial charge in [0, 0.05) is 30.3 Å². The minimum atomic E-state index is -0.185. The molecule has 21 heavy (non-hydrogen) atoms. The van der Waals surface area contributed by atoms with Crippen molar-refractivity contribution in [2.24, 2.45) is 0 Å². The summed E-state index contributed by atoms with van der Waals surface area (Å²) in [5, 5.41) is 8.33. The van der Waals surface area contributed by atoms with Gasteiger partial charge in [-0.25, -0.2) is 0 Å². The van der Waals surface area contributed by atoms with Crippen molar-refractivity contribution >= 4 is 0 Å². The SMILES string of the molecule is Cc1nn(C2CC(C)(C)OC2(C)C)c(C)c1CNC(C)C. The molecular formula is C17H31N3O. The molecule has 1 fully saturated rings. The highest BCUT2D eigenvalue weighted by Gasteiger charge is 2.47. The maximum absolute atomic E-state index is 6.23. The van der Waals surface area contributed by atoms with Crippen LogP contribution in [0.3, 0.4) is 0 Å². The van der Waals surface area contributed by atoms with Gasteiger partial charge < -0.3 is 10.1 Å². The lowest BCUT2D eigenvalue weighted by Crippen LogP contribution is -2.32. The molecule has 1 aliphatic rings. The highest BCUT2D eigenvalue weighted by Crippen LogP contribution is 2.45. The molecule has 4 heteroatoms. The smallest absolute Gasteiger partial charge is 0.0858 e. The molecule has 0 aliphatic carbocycles. The van der Waals surface area contributed by atoms with Crippen LogP contribution < -0.4 is 5.32 Å². The number of hydrogen-bond donors (Lipinski definition) is 1. The van der Waals surface area contributed by atoms with Crippen LogP contribution in [0.1, 0.15) is 71.0 Å². The van der Waals surface area contributed by atoms with Crippen molar-refractivity contribution in [1.82, 2.24) is 15.1 Å². The van der Waals surface area contributed by atoms with Gasteiger partial charge in [0.05, 0.1) is 22.9 Å². The summed E-state index contributed by atoms with van der Waals surface area (Å²) < 4.78 is 8.42. The van der Waals surface area contributed by atoms with E-state index in [4.69, 9.17) is 9.84 Å². The molecule has 120 valence electrons. The average Bonchev–Trinajstić information content (AvgIpc) is 2.69. The molecule has 0 aromatic carbocycles. The average molecular weight is 293 g/mol. The van der Waals surface area contributed by atoms with E-state index < -0.39 is 0 Å². The molecule has 2 heterocycles. The zero-order valence-corrected chi connectivity index (χ0v) is 14.9. The van der Waals surface area contributed by atoms with E-state index in [0.29, 0.717) is 12.1 Å². The summed E-state index contributed by atoms with van der Waals surface area (Å²) >= 11 is 0. The standard InChI is InChI=1S/C17H31N3O/c1-11(2)18-10-14-12(3)19-20(13(14)4)15-9-16(5,6)21-17(15,7)8/h11,15,18H,9-10H2,1-8H3. The minimum absolute atomic E-state index is 0.0865. The normalized spacial score (nSPS) is 24.0. The molecule has 1 aliphatic heterocycles. The summed E-state index contributed by atoms with van der Waals surface area (Å²) in [4.78, 5) is 0. The van der Waals surface area contributed by atoms with Crippen LogP contribution >= 0.6 is 0 Å². The van der Waals surface area contributed by atoms with Crippen LogP contribution in [0.4, 0.5) is 0 Å². The van der Waals surface area contributed by atoms with E-state index in [1.807, 2.05) is 0 Å². The van der Waals surface area contributed by atoms with E-state index in [9.17, 15) is 0 Å². The fraction of sp³-hybridized carbons (Fsp3) is 0.824. The van der Waals surface area contributed by atoms with Gasteiger partial charge in [-0.2, -0.15) is 5.10 Å². The topological polar surface area (TPSA) is 39.1 Å². The molecule has 1 aromatic heterocycles. The van der Waals surface area contributed by atoms with Crippen LogP contribution in [0.5, 0.6) is 0 Å². The first-order valence-electron chi connectivity index (χ1n) is 8.01. The van der Waals surface area contributed by atoms with E-state index in [2.05, 4.69) is 65.4 Å². The van der Waals surface area contributed by atoms with Gasteiger partial charge >= 0.3 is 0 Å². The maximum Gasteiger partial charge on any atom is 0.0858 e. The molecule has 1 aromatic rings. The van der Waals surface area contributed by atoms with Crippen molar-refractivity contribution in [2.45, 2.75) is 91.6 Å². The van der Waals surface area contributed by atoms with Crippen LogP contribution in [-0.4, -0.2) is 27.0 Å². The van der Waals surface area contributed by atoms with E-state index in [1.165, 1.54) is 11.3 Å². The van der Waals surface area contributed by atoms with Crippen LogP contribution in [0.15, 0.2) is 0 Å². The molecule has 1 saturated heterocycles. The number of nitrogens with zero attached hydrogens (tertiary/aromatic N) is 2. The number of aryl methyl sites for hydroxylation is 1. The third kappa shape index (κ3) is 3.32. The summed E-state index contributed by atoms with van der Waals surface area (Å²) in [5.41, 5.74) is 3.44. The monoisotopic (exact) mass is 293 g/mol. The third-order valence-corrected chi connectivity index (χ3v) is 4.48. The van der Waals surface area contributed by atoms with Crippen LogP contribution in [0, 0.1) is 13.8 Å². The molecule has 1 unspecified atom stereocenters. The van der Waals surface area contributed by atoms with E-state index in [1.54, 1.807) is 0 Å². The van der Waals surface area contributed by atoms with Gasteiger partial charge in [0.15, 0.2) is 0 Å². The van der Waals surface area contributed by atoms with Crippen molar-refractivity contribution in [3.63, 3.8) is 0 Å². The van der Waals surface area contributed by atoms with E-state index >= 15 is 0 Å². The van der Waals surface area contributed by atoms with Crippen molar-refractivity contribution < 1.29 is 4.74 Å². The van der Waals surface area contributed by atoms with Gasteiger partial charge in [0.2, 0.25) is 0 Å². The molecule has 0 amide bonds. The minimum Gasteiger partial charge on any atom is -0.367 e. The van der Waals surface area contributed by atoms with Gasteiger partial charge in [-0.15, -0.1) is 0 Å². The lowest BCUT2D eigenvalue weighted by atomic mass is 9.94. The second-order valence-corrected chi connectivity index (χ2v) is 7.81. The first-order valence-corrected chi connectivity index (χ1v) is 8.01. The Balaban J connectivity index is 2.31. The van der Waals surface area contributed by atoms with Crippen LogP contribution in [0.2, 0.25) is 0 Å². The number of hydrogen-bond acceptors (Lipinski definition) is 3. The molecule has 0 saturated carbocycles. The predicted molar refractivity (Wildman–Crippen MR) is 86.6 cm³/mol. The van der Waals surface area contributed by atoms with Crippen molar-refractivity contribution in [1.29, 1.82) is 0 Å². The maximum atomic E-state index is 6.23. The van der Waals surface area contributed by atoms with Gasteiger partial charge in [0.25, 0.3) is 0 Å². The Morgan fingerprint density at radius 3 is 2.38 bits per heavy atom. The van der Waals surface area contributed by atoms with E-state index in [-0.39, 0.29) is 11.2 Å². The zero-order chi connectivity index (χ0) is 16.0. The predicted octanol–water partition coefficient (Wildman–Crippen LogP) is 3.52. The number of ether oxygens (including phenoxy) is 1. The fourth-order valence-electron chi connectivity index (χ4n) is 3.48. The molecular weight excluding hydrogens is 262 g/mol. The summed E-state index contributed by atoms with van der Waals surface area (Å²) in [6.45, 7) is 18.2. The Bertz CT molecular complexity index is 514. The second kappa shape index (κ2) is 5.40. The Morgan fingerprint density at radius 2 is 1.90 bits per heavy atom. The molecule has 0 bridgehead atoms. The highest BCUT2D eigenvalue weighted by molar-refractivity contribution is 5.25. The third-order valence-electron chi connectivity index (χ3n) is 4.48. The molecule has 1 atom stereocenters. The highest BCUT2D eigenvalue weighted by atomic mass is 16.5. The first kappa shape index (κ1) is 16.5. The summed E-state index contributed by atoms with van der Waals surface area (Å²) in [6, 6.07) is 0.774. The van der Waals surface area contributed by atoms with Crippen LogP contribution in [0.25, 0.3) is 0 Å². The van der Waals surface area contributed by atoms with Crippen molar-refractivity contribution in [2.75, 3.05) is 0 Å². The zero-order valence-electron chi connectivity index (χ0n) is 14.9. The largest absolute Gasteiger partial charge is 0.367 e. The molecule has 4 nitrogen and oxygen atoms in total. The first-order chi connectivity index (χ1) is 9.53. The molecule has 1 N–H and O–H groups in total. The fourth-order valence-corrected chi connectivity index (χ4v) is 3.48. The lowest BCUT2D eigenvalue weighted by molar-refractivity contribution is -0.0739. The summed E-state index contributed by atoms with van der Waals surface area (Å²) in [6.07, 6.45) is 0.999. The van der Waals surface area contributed by atoms with Gasteiger partial charge in [-0.1, -0.05) is 13.8 Å². The van der Waals surface area contributed by atoms with Gasteiger partial charge in [-0.3, -0.25) is 4.68 Å². The Morgan fingerprint density at radius 1 is 1.29 bits per heavy atom. The van der Waals surface area contributed by atoms with Crippen molar-refractivity contribution in [3.05, 3.63) is 17.0 Å². The number of nitrogens with one attached hydrogen (secondary N) is 1. The van der Waals surface area contributed by atoms with Crippen molar-refractivity contribution in [3.8, 4) is 0 Å². The molecule has 0 spiro atoms. The van der Waals surface area contributed by atoms with Gasteiger partial charge in [-0.05, 0) is 41.5 Å². The van der Waals surface area contributed by atoms with Crippen LogP contribution in [-0.2, 0) is 11.3 Å². The number of rotatable bonds is 4. The number of aromatic nitrogens is 2. The Kier molecular flexibility index (Phi) is 4.24. The van der Waals surface area contributed by atoms with Gasteiger partial charge in [0.1, 0.15) is 0 Å². The summed E-state index contributed by atoms with van der Waals surface area (Å²) in [7, 11) is 0. The lowest BCUT2D eigenvalue weighted by Gasteiger charge is -2.28. The molecule has 0 radical (unpaired) electrons. The summed E-state index contributed by atoms with van der Waals surface area (Å²) in [5.74, 6) is 0. The Labute approximate surface area is 129 Å². The molecule has 2 rings (SSSR count). The second-order valence-electron chi connectivity index (χ2n) is 7.81. The Hall–Kier alpha value is -0.870.